The first kappa shape index (κ1) is 16.6. The molecule has 1 rings (SSSR count). The van der Waals surface area contributed by atoms with Gasteiger partial charge in [0.1, 0.15) is 11.5 Å². The molecule has 0 aliphatic carbocycles. The number of allylic oxidation sites excluding steroid dienone is 4. The summed E-state index contributed by atoms with van der Waals surface area (Å²) in [4.78, 5) is 0. The fraction of sp³-hybridized carbons (Fsp3) is 0.556. The lowest BCUT2D eigenvalue weighted by atomic mass is 10.1. The van der Waals surface area contributed by atoms with Gasteiger partial charge in [-0.05, 0) is 64.5 Å². The molecule has 0 bridgehead atoms. The highest BCUT2D eigenvalue weighted by molar-refractivity contribution is 5.09. The Hall–Kier alpha value is -1.44. The highest BCUT2D eigenvalue weighted by Crippen LogP contribution is 2.14. The van der Waals surface area contributed by atoms with Gasteiger partial charge in [-0.2, -0.15) is 0 Å². The Morgan fingerprint density at radius 1 is 0.850 bits per heavy atom. The summed E-state index contributed by atoms with van der Waals surface area (Å²) in [6, 6.07) is 0. The van der Waals surface area contributed by atoms with Gasteiger partial charge in [-0.15, -0.1) is 0 Å². The second-order valence-electron chi connectivity index (χ2n) is 5.46. The average molecular weight is 276 g/mol. The second-order valence-corrected chi connectivity index (χ2v) is 5.46. The van der Waals surface area contributed by atoms with E-state index in [1.165, 1.54) is 0 Å². The zero-order chi connectivity index (χ0) is 14.8. The zero-order valence-corrected chi connectivity index (χ0v) is 12.9. The van der Waals surface area contributed by atoms with Gasteiger partial charge >= 0.3 is 0 Å². The maximum Gasteiger partial charge on any atom is 0.112 e. The molecular weight excluding hydrogens is 248 g/mol. The van der Waals surface area contributed by atoms with E-state index in [9.17, 15) is 0 Å². The molecule has 0 amide bonds. The molecule has 0 saturated heterocycles. The minimum absolute atomic E-state index is 0.204. The first-order valence-corrected chi connectivity index (χ1v) is 7.62. The molecule has 0 aromatic carbocycles. The van der Waals surface area contributed by atoms with Crippen molar-refractivity contribution >= 4 is 0 Å². The zero-order valence-electron chi connectivity index (χ0n) is 12.9. The van der Waals surface area contributed by atoms with Crippen LogP contribution in [0.1, 0.15) is 52.4 Å². The summed E-state index contributed by atoms with van der Waals surface area (Å²) in [5.74, 6) is 1.52. The van der Waals surface area contributed by atoms with Gasteiger partial charge in [0.15, 0.2) is 0 Å². The van der Waals surface area contributed by atoms with Crippen LogP contribution in [0.25, 0.3) is 0 Å². The van der Waals surface area contributed by atoms with Crippen LogP contribution in [-0.2, 0) is 9.47 Å². The molecule has 0 aromatic heterocycles. The van der Waals surface area contributed by atoms with Crippen LogP contribution in [0.15, 0.2) is 49.0 Å². The number of rotatable bonds is 0. The molecule has 112 valence electrons. The number of hydrogen-bond acceptors (Lipinski definition) is 2. The minimum atomic E-state index is 0.204. The van der Waals surface area contributed by atoms with Crippen LogP contribution in [-0.4, -0.2) is 12.2 Å². The van der Waals surface area contributed by atoms with Crippen LogP contribution in [0.4, 0.5) is 0 Å². The summed E-state index contributed by atoms with van der Waals surface area (Å²) in [7, 11) is 0. The molecule has 2 unspecified atom stereocenters. The smallest absolute Gasteiger partial charge is 0.112 e. The van der Waals surface area contributed by atoms with Gasteiger partial charge in [-0.3, -0.25) is 0 Å². The molecule has 0 spiro atoms. The van der Waals surface area contributed by atoms with Gasteiger partial charge < -0.3 is 9.47 Å². The molecule has 2 atom stereocenters. The van der Waals surface area contributed by atoms with Crippen LogP contribution in [0.5, 0.6) is 0 Å². The summed E-state index contributed by atoms with van der Waals surface area (Å²) < 4.78 is 11.5. The van der Waals surface area contributed by atoms with E-state index in [0.717, 1.165) is 50.0 Å². The van der Waals surface area contributed by atoms with E-state index in [0.29, 0.717) is 0 Å². The Balaban J connectivity index is 2.53. The molecule has 20 heavy (non-hydrogen) atoms. The predicted molar refractivity (Wildman–Crippen MR) is 85.4 cm³/mol. The van der Waals surface area contributed by atoms with Crippen molar-refractivity contribution in [2.45, 2.75) is 64.6 Å². The molecular formula is C18H28O2. The third-order valence-electron chi connectivity index (χ3n) is 3.28. The first-order valence-electron chi connectivity index (χ1n) is 7.62. The van der Waals surface area contributed by atoms with Crippen LogP contribution in [0.3, 0.4) is 0 Å². The van der Waals surface area contributed by atoms with Gasteiger partial charge in [-0.25, -0.2) is 0 Å². The van der Waals surface area contributed by atoms with Crippen molar-refractivity contribution in [3.63, 3.8) is 0 Å². The summed E-state index contributed by atoms with van der Waals surface area (Å²) >= 11 is 0. The Bertz CT molecular complexity index is 332. The van der Waals surface area contributed by atoms with Gasteiger partial charge in [0.05, 0.1) is 12.2 Å². The van der Waals surface area contributed by atoms with E-state index in [-0.39, 0.29) is 12.2 Å². The molecule has 0 fully saturated rings. The SMILES string of the molecule is C=C1/C=C/CCC/C=C/C(=C)OC(C)CCCC(C)O1. The molecule has 1 aliphatic heterocycles. The Morgan fingerprint density at radius 2 is 1.30 bits per heavy atom. The first-order chi connectivity index (χ1) is 9.58. The fourth-order valence-corrected chi connectivity index (χ4v) is 2.19. The van der Waals surface area contributed by atoms with Crippen LogP contribution in [0.2, 0.25) is 0 Å². The summed E-state index contributed by atoms with van der Waals surface area (Å²) in [6.45, 7) is 12.1. The van der Waals surface area contributed by atoms with Crippen LogP contribution < -0.4 is 0 Å². The summed E-state index contributed by atoms with van der Waals surface area (Å²) in [5.41, 5.74) is 0. The molecule has 1 heterocycles. The molecule has 2 heteroatoms. The Kier molecular flexibility index (Phi) is 7.86. The fourth-order valence-electron chi connectivity index (χ4n) is 2.19. The van der Waals surface area contributed by atoms with E-state index < -0.39 is 0 Å². The van der Waals surface area contributed by atoms with Crippen molar-refractivity contribution in [2.24, 2.45) is 0 Å². The molecule has 2 nitrogen and oxygen atoms in total. The second kappa shape index (κ2) is 9.46. The van der Waals surface area contributed by atoms with Crippen molar-refractivity contribution < 1.29 is 9.47 Å². The topological polar surface area (TPSA) is 18.5 Å². The lowest BCUT2D eigenvalue weighted by Gasteiger charge is -2.18. The lowest BCUT2D eigenvalue weighted by Crippen LogP contribution is -2.11. The highest BCUT2D eigenvalue weighted by atomic mass is 16.5. The molecule has 0 aromatic rings. The number of ether oxygens (including phenoxy) is 2. The molecule has 0 saturated carbocycles. The Morgan fingerprint density at radius 3 is 1.75 bits per heavy atom. The maximum absolute atomic E-state index is 5.75. The van der Waals surface area contributed by atoms with Gasteiger partial charge in [0.25, 0.3) is 0 Å². The third kappa shape index (κ3) is 7.88. The van der Waals surface area contributed by atoms with Crippen LogP contribution >= 0.6 is 0 Å². The third-order valence-corrected chi connectivity index (χ3v) is 3.28. The van der Waals surface area contributed by atoms with Crippen molar-refractivity contribution in [1.29, 1.82) is 0 Å². The van der Waals surface area contributed by atoms with Gasteiger partial charge in [-0.1, -0.05) is 25.3 Å². The van der Waals surface area contributed by atoms with Crippen molar-refractivity contribution in [2.75, 3.05) is 0 Å². The van der Waals surface area contributed by atoms with E-state index >= 15 is 0 Å². The largest absolute Gasteiger partial charge is 0.491 e. The molecule has 0 radical (unpaired) electrons. The van der Waals surface area contributed by atoms with E-state index in [4.69, 9.17) is 9.47 Å². The van der Waals surface area contributed by atoms with E-state index in [2.05, 4.69) is 39.2 Å². The predicted octanol–water partition coefficient (Wildman–Crippen LogP) is 5.29. The highest BCUT2D eigenvalue weighted by Gasteiger charge is 2.07. The number of hydrogen-bond donors (Lipinski definition) is 0. The van der Waals surface area contributed by atoms with Gasteiger partial charge in [0.2, 0.25) is 0 Å². The van der Waals surface area contributed by atoms with Crippen molar-refractivity contribution in [3.05, 3.63) is 49.0 Å². The normalized spacial score (nSPS) is 30.1. The molecule has 1 aliphatic rings. The Labute approximate surface area is 123 Å². The van der Waals surface area contributed by atoms with Gasteiger partial charge in [0, 0.05) is 0 Å². The van der Waals surface area contributed by atoms with Crippen LogP contribution in [0, 0.1) is 0 Å². The minimum Gasteiger partial charge on any atom is -0.491 e. The van der Waals surface area contributed by atoms with E-state index in [1.807, 2.05) is 12.2 Å². The maximum atomic E-state index is 5.75. The monoisotopic (exact) mass is 276 g/mol. The lowest BCUT2D eigenvalue weighted by molar-refractivity contribution is 0.108. The summed E-state index contributed by atoms with van der Waals surface area (Å²) in [6.07, 6.45) is 14.9. The van der Waals surface area contributed by atoms with Crippen molar-refractivity contribution in [1.82, 2.24) is 0 Å². The standard InChI is InChI=1S/C18H28O2/c1-15-11-8-6-5-7-9-12-16(2)20-18(4)14-10-13-17(3)19-15/h8-9,11-12,17-18H,1-2,5-7,10,13-14H2,3-4H3/b11-8+,12-9+. The summed E-state index contributed by atoms with van der Waals surface area (Å²) in [5, 5.41) is 0. The molecule has 0 N–H and O–H groups in total. The quantitative estimate of drug-likeness (QED) is 0.598. The van der Waals surface area contributed by atoms with E-state index in [1.54, 1.807) is 0 Å². The average Bonchev–Trinajstić information content (AvgIpc) is 2.36. The van der Waals surface area contributed by atoms with Crippen molar-refractivity contribution in [3.8, 4) is 0 Å².